The Morgan fingerprint density at radius 3 is 2.74 bits per heavy atom. The van der Waals surface area contributed by atoms with Crippen molar-refractivity contribution in [3.05, 3.63) is 45.2 Å². The molecular formula is C13H14BrN5O4. The fourth-order valence-electron chi connectivity index (χ4n) is 1.66. The third-order valence-corrected chi connectivity index (χ3v) is 3.45. The maximum absolute atomic E-state index is 12.0. The topological polar surface area (TPSA) is 103 Å². The van der Waals surface area contributed by atoms with E-state index < -0.39 is 10.9 Å². The lowest BCUT2D eigenvalue weighted by atomic mass is 10.3. The zero-order valence-electron chi connectivity index (χ0n) is 12.3. The van der Waals surface area contributed by atoms with Crippen molar-refractivity contribution >= 4 is 27.8 Å². The Morgan fingerprint density at radius 1 is 1.43 bits per heavy atom. The van der Waals surface area contributed by atoms with E-state index in [2.05, 4.69) is 26.0 Å². The molecule has 2 aromatic rings. The number of carbonyl (C=O) groups excluding carboxylic acids is 1. The summed E-state index contributed by atoms with van der Waals surface area (Å²) in [6.45, 7) is 0.600. The van der Waals surface area contributed by atoms with Crippen LogP contribution in [0.3, 0.4) is 0 Å². The number of carbonyl (C=O) groups is 1. The van der Waals surface area contributed by atoms with E-state index in [1.807, 2.05) is 24.3 Å². The fraction of sp³-hybridized carbons (Fsp3) is 0.308. The lowest BCUT2D eigenvalue weighted by Crippen LogP contribution is -2.33. The highest BCUT2D eigenvalue weighted by Gasteiger charge is 2.17. The Bertz CT molecular complexity index is 688. The number of ether oxygens (including phenoxy) is 1. The zero-order valence-corrected chi connectivity index (χ0v) is 13.8. The molecular weight excluding hydrogens is 370 g/mol. The molecule has 1 heterocycles. The molecule has 1 aromatic heterocycles. The number of nitrogens with zero attached hydrogens (tertiary/aromatic N) is 5. The van der Waals surface area contributed by atoms with Gasteiger partial charge in [0.1, 0.15) is 18.9 Å². The third-order valence-electron chi connectivity index (χ3n) is 2.92. The van der Waals surface area contributed by atoms with Gasteiger partial charge in [0.15, 0.2) is 0 Å². The Kier molecular flexibility index (Phi) is 5.63. The standard InChI is InChI=1S/C13H14BrN5O4/c1-17(6-7-23-11-4-2-10(14)3-5-11)12(20)8-18-9-15-13(16-18)19(21)22/h2-5,9H,6-8H2,1H3. The predicted octanol–water partition coefficient (Wildman–Crippen LogP) is 1.49. The molecule has 1 amide bonds. The number of amides is 1. The Balaban J connectivity index is 1.78. The Hall–Kier alpha value is -2.49. The van der Waals surface area contributed by atoms with Crippen LogP contribution in [0.1, 0.15) is 0 Å². The van der Waals surface area contributed by atoms with Crippen molar-refractivity contribution in [1.82, 2.24) is 19.7 Å². The third kappa shape index (κ3) is 5.02. The van der Waals surface area contributed by atoms with Crippen LogP contribution in [0.4, 0.5) is 5.95 Å². The van der Waals surface area contributed by atoms with Crippen molar-refractivity contribution < 1.29 is 14.5 Å². The first-order valence-electron chi connectivity index (χ1n) is 6.62. The van der Waals surface area contributed by atoms with Crippen molar-refractivity contribution in [3.63, 3.8) is 0 Å². The van der Waals surface area contributed by atoms with E-state index in [1.165, 1.54) is 4.90 Å². The number of aromatic nitrogens is 3. The van der Waals surface area contributed by atoms with Crippen molar-refractivity contribution in [1.29, 1.82) is 0 Å². The number of nitro groups is 1. The van der Waals surface area contributed by atoms with Gasteiger partial charge in [-0.1, -0.05) is 20.9 Å². The molecule has 0 bridgehead atoms. The van der Waals surface area contributed by atoms with E-state index in [1.54, 1.807) is 7.05 Å². The molecule has 2 rings (SSSR count). The zero-order chi connectivity index (χ0) is 16.8. The largest absolute Gasteiger partial charge is 0.492 e. The summed E-state index contributed by atoms with van der Waals surface area (Å²) in [7, 11) is 1.62. The second-order valence-electron chi connectivity index (χ2n) is 4.62. The summed E-state index contributed by atoms with van der Waals surface area (Å²) in [5.74, 6) is -0.0656. The lowest BCUT2D eigenvalue weighted by molar-refractivity contribution is -0.394. The SMILES string of the molecule is CN(CCOc1ccc(Br)cc1)C(=O)Cn1cnc([N+](=O)[O-])n1. The van der Waals surface area contributed by atoms with Gasteiger partial charge in [0, 0.05) is 16.6 Å². The number of halogens is 1. The number of rotatable bonds is 7. The van der Waals surface area contributed by atoms with Gasteiger partial charge >= 0.3 is 5.95 Å². The van der Waals surface area contributed by atoms with Gasteiger partial charge in [-0.25, -0.2) is 0 Å². The van der Waals surface area contributed by atoms with Crippen LogP contribution in [0.5, 0.6) is 5.75 Å². The monoisotopic (exact) mass is 383 g/mol. The van der Waals surface area contributed by atoms with E-state index in [4.69, 9.17) is 4.74 Å². The highest BCUT2D eigenvalue weighted by atomic mass is 79.9. The molecule has 10 heteroatoms. The second kappa shape index (κ2) is 7.68. The maximum atomic E-state index is 12.0. The molecule has 0 aliphatic rings. The van der Waals surface area contributed by atoms with Crippen LogP contribution < -0.4 is 4.74 Å². The number of hydrogen-bond acceptors (Lipinski definition) is 6. The molecule has 0 fully saturated rings. The van der Waals surface area contributed by atoms with Gasteiger partial charge in [-0.15, -0.1) is 0 Å². The van der Waals surface area contributed by atoms with E-state index in [9.17, 15) is 14.9 Å². The van der Waals surface area contributed by atoms with Crippen molar-refractivity contribution in [2.24, 2.45) is 0 Å². The summed E-state index contributed by atoms with van der Waals surface area (Å²) in [4.78, 5) is 26.7. The fourth-order valence-corrected chi connectivity index (χ4v) is 1.92. The minimum Gasteiger partial charge on any atom is -0.492 e. The minimum atomic E-state index is -0.712. The molecule has 122 valence electrons. The molecule has 0 saturated heterocycles. The van der Waals surface area contributed by atoms with Gasteiger partial charge < -0.3 is 19.8 Å². The molecule has 0 aliphatic heterocycles. The van der Waals surface area contributed by atoms with E-state index in [0.29, 0.717) is 18.9 Å². The first kappa shape index (κ1) is 16.9. The average Bonchev–Trinajstić information content (AvgIpc) is 2.98. The summed E-state index contributed by atoms with van der Waals surface area (Å²) in [5.41, 5.74) is 0. The molecule has 0 N–H and O–H groups in total. The molecule has 0 spiro atoms. The van der Waals surface area contributed by atoms with Gasteiger partial charge in [0.2, 0.25) is 12.2 Å². The van der Waals surface area contributed by atoms with Crippen LogP contribution in [0, 0.1) is 10.1 Å². The van der Waals surface area contributed by atoms with Crippen LogP contribution in [0.2, 0.25) is 0 Å². The first-order valence-corrected chi connectivity index (χ1v) is 7.41. The summed E-state index contributed by atoms with van der Waals surface area (Å²) in [6.07, 6.45) is 1.15. The van der Waals surface area contributed by atoms with Crippen molar-refractivity contribution in [2.75, 3.05) is 20.2 Å². The maximum Gasteiger partial charge on any atom is 0.490 e. The predicted molar refractivity (Wildman–Crippen MR) is 84.0 cm³/mol. The smallest absolute Gasteiger partial charge is 0.490 e. The number of likely N-dealkylation sites (N-methyl/N-ethyl adjacent to an activating group) is 1. The molecule has 0 atom stereocenters. The van der Waals surface area contributed by atoms with Crippen LogP contribution in [0.15, 0.2) is 35.1 Å². The molecule has 0 saturated carbocycles. The lowest BCUT2D eigenvalue weighted by Gasteiger charge is -2.16. The number of hydrogen-bond donors (Lipinski definition) is 0. The minimum absolute atomic E-state index is 0.115. The van der Waals surface area contributed by atoms with Crippen LogP contribution >= 0.6 is 15.9 Å². The Labute approximate surface area is 140 Å². The van der Waals surface area contributed by atoms with Gasteiger partial charge in [-0.2, -0.15) is 4.68 Å². The Morgan fingerprint density at radius 2 is 2.13 bits per heavy atom. The van der Waals surface area contributed by atoms with Crippen LogP contribution in [-0.2, 0) is 11.3 Å². The average molecular weight is 384 g/mol. The highest BCUT2D eigenvalue weighted by molar-refractivity contribution is 9.10. The van der Waals surface area contributed by atoms with Crippen LogP contribution in [-0.4, -0.2) is 50.7 Å². The van der Waals surface area contributed by atoms with Gasteiger partial charge in [-0.05, 0) is 29.2 Å². The van der Waals surface area contributed by atoms with E-state index in [-0.39, 0.29) is 12.5 Å². The second-order valence-corrected chi connectivity index (χ2v) is 5.53. The normalized spacial score (nSPS) is 10.3. The summed E-state index contributed by atoms with van der Waals surface area (Å²) in [5, 5.41) is 14.1. The first-order chi connectivity index (χ1) is 11.0. The molecule has 0 aliphatic carbocycles. The summed E-state index contributed by atoms with van der Waals surface area (Å²) >= 11 is 3.33. The van der Waals surface area contributed by atoms with Crippen LogP contribution in [0.25, 0.3) is 0 Å². The van der Waals surface area contributed by atoms with Crippen molar-refractivity contribution in [2.45, 2.75) is 6.54 Å². The van der Waals surface area contributed by atoms with Crippen molar-refractivity contribution in [3.8, 4) is 5.75 Å². The summed E-state index contributed by atoms with van der Waals surface area (Å²) in [6, 6.07) is 7.37. The number of benzene rings is 1. The molecule has 1 aromatic carbocycles. The molecule has 9 nitrogen and oxygen atoms in total. The summed E-state index contributed by atoms with van der Waals surface area (Å²) < 4.78 is 7.62. The highest BCUT2D eigenvalue weighted by Crippen LogP contribution is 2.15. The quantitative estimate of drug-likeness (QED) is 0.529. The van der Waals surface area contributed by atoms with E-state index >= 15 is 0 Å². The van der Waals surface area contributed by atoms with Gasteiger partial charge in [0.05, 0.1) is 6.54 Å². The molecule has 0 unspecified atom stereocenters. The van der Waals surface area contributed by atoms with Gasteiger partial charge in [-0.3, -0.25) is 4.79 Å². The van der Waals surface area contributed by atoms with E-state index in [0.717, 1.165) is 15.5 Å². The molecule has 23 heavy (non-hydrogen) atoms. The molecule has 0 radical (unpaired) electrons. The van der Waals surface area contributed by atoms with Gasteiger partial charge in [0.25, 0.3) is 0 Å².